The highest BCUT2D eigenvalue weighted by Gasteiger charge is 2.24. The summed E-state index contributed by atoms with van der Waals surface area (Å²) >= 11 is 1.58. The summed E-state index contributed by atoms with van der Waals surface area (Å²) < 4.78 is 31.8. The zero-order valence-corrected chi connectivity index (χ0v) is 13.3. The number of thiophene rings is 1. The molecule has 3 nitrogen and oxygen atoms in total. The Balaban J connectivity index is 1.50. The summed E-state index contributed by atoms with van der Waals surface area (Å²) in [5, 5.41) is 1.96. The van der Waals surface area contributed by atoms with Gasteiger partial charge in [-0.2, -0.15) is 0 Å². The lowest BCUT2D eigenvalue weighted by molar-refractivity contribution is -0.132. The second-order valence-electron chi connectivity index (χ2n) is 5.53. The Morgan fingerprint density at radius 3 is 2.65 bits per heavy atom. The molecule has 23 heavy (non-hydrogen) atoms. The summed E-state index contributed by atoms with van der Waals surface area (Å²) in [6.07, 6.45) is 1.74. The summed E-state index contributed by atoms with van der Waals surface area (Å²) in [7, 11) is 0. The van der Waals surface area contributed by atoms with Gasteiger partial charge in [-0.05, 0) is 23.6 Å². The fraction of sp³-hybridized carbons (Fsp3) is 0.353. The molecule has 0 bridgehead atoms. The number of rotatable bonds is 4. The van der Waals surface area contributed by atoms with Crippen molar-refractivity contribution in [2.24, 2.45) is 0 Å². The van der Waals surface area contributed by atoms with E-state index in [0.717, 1.165) is 17.0 Å². The van der Waals surface area contributed by atoms with Crippen molar-refractivity contribution in [3.63, 3.8) is 0 Å². The predicted octanol–water partition coefficient (Wildman–Crippen LogP) is 3.64. The van der Waals surface area contributed by atoms with Gasteiger partial charge in [0.05, 0.1) is 6.42 Å². The Hall–Kier alpha value is -1.95. The Bertz CT molecular complexity index is 667. The van der Waals surface area contributed by atoms with Gasteiger partial charge in [0.1, 0.15) is 11.9 Å². The Morgan fingerprint density at radius 1 is 1.22 bits per heavy atom. The average molecular weight is 337 g/mol. The van der Waals surface area contributed by atoms with Crippen molar-refractivity contribution in [2.45, 2.75) is 25.4 Å². The molecule has 1 aromatic carbocycles. The van der Waals surface area contributed by atoms with Gasteiger partial charge in [-0.15, -0.1) is 11.3 Å². The number of carbonyl (C=O) groups is 1. The van der Waals surface area contributed by atoms with E-state index in [2.05, 4.69) is 0 Å². The van der Waals surface area contributed by atoms with Crippen LogP contribution in [0.25, 0.3) is 0 Å². The summed E-state index contributed by atoms with van der Waals surface area (Å²) in [6, 6.07) is 7.44. The van der Waals surface area contributed by atoms with Crippen LogP contribution in [0.1, 0.15) is 17.7 Å². The Labute approximate surface area is 137 Å². The monoisotopic (exact) mass is 337 g/mol. The first-order valence-corrected chi connectivity index (χ1v) is 8.41. The molecule has 0 atom stereocenters. The number of nitrogens with zero attached hydrogens (tertiary/aromatic N) is 1. The number of hydrogen-bond acceptors (Lipinski definition) is 3. The molecule has 122 valence electrons. The molecule has 1 amide bonds. The van der Waals surface area contributed by atoms with Crippen LogP contribution in [0, 0.1) is 11.6 Å². The lowest BCUT2D eigenvalue weighted by atomic mass is 10.1. The van der Waals surface area contributed by atoms with Crippen molar-refractivity contribution < 1.29 is 18.3 Å². The Kier molecular flexibility index (Phi) is 4.91. The minimum Gasteiger partial charge on any atom is -0.490 e. The molecule has 6 heteroatoms. The predicted molar refractivity (Wildman–Crippen MR) is 84.6 cm³/mol. The fourth-order valence-corrected chi connectivity index (χ4v) is 3.34. The van der Waals surface area contributed by atoms with E-state index >= 15 is 0 Å². The maximum Gasteiger partial charge on any atom is 0.227 e. The van der Waals surface area contributed by atoms with Gasteiger partial charge in [0.15, 0.2) is 11.6 Å². The summed E-state index contributed by atoms with van der Waals surface area (Å²) in [5.41, 5.74) is 0. The van der Waals surface area contributed by atoms with Crippen LogP contribution in [0.2, 0.25) is 0 Å². The molecule has 2 heterocycles. The Morgan fingerprint density at radius 2 is 2.00 bits per heavy atom. The molecule has 1 aromatic heterocycles. The standard InChI is InChI=1S/C17H17F2NO2S/c18-15-4-3-13(10-16(15)19)22-12-5-7-20(8-6-12)17(21)11-14-2-1-9-23-14/h1-4,9-10,12H,5-8,11H2. The molecule has 1 aliphatic rings. The molecule has 0 radical (unpaired) electrons. The first-order valence-electron chi connectivity index (χ1n) is 7.53. The largest absolute Gasteiger partial charge is 0.490 e. The SMILES string of the molecule is O=C(Cc1cccs1)N1CCC(Oc2ccc(F)c(F)c2)CC1. The van der Waals surface area contributed by atoms with Gasteiger partial charge in [-0.1, -0.05) is 6.07 Å². The molecular formula is C17H17F2NO2S. The zero-order valence-electron chi connectivity index (χ0n) is 12.5. The number of carbonyl (C=O) groups excluding carboxylic acids is 1. The van der Waals surface area contributed by atoms with E-state index in [-0.39, 0.29) is 12.0 Å². The van der Waals surface area contributed by atoms with E-state index in [9.17, 15) is 13.6 Å². The molecule has 0 saturated carbocycles. The molecule has 0 aliphatic carbocycles. The number of amides is 1. The summed E-state index contributed by atoms with van der Waals surface area (Å²) in [6.45, 7) is 1.25. The second kappa shape index (κ2) is 7.08. The van der Waals surface area contributed by atoms with Gasteiger partial charge >= 0.3 is 0 Å². The molecule has 1 fully saturated rings. The van der Waals surface area contributed by atoms with E-state index in [4.69, 9.17) is 4.74 Å². The molecule has 2 aromatic rings. The van der Waals surface area contributed by atoms with Gasteiger partial charge in [0.25, 0.3) is 0 Å². The third-order valence-electron chi connectivity index (χ3n) is 3.89. The quantitative estimate of drug-likeness (QED) is 0.852. The van der Waals surface area contributed by atoms with Crippen LogP contribution in [0.4, 0.5) is 8.78 Å². The van der Waals surface area contributed by atoms with E-state index in [1.165, 1.54) is 6.07 Å². The third-order valence-corrected chi connectivity index (χ3v) is 4.77. The van der Waals surface area contributed by atoms with Crippen molar-refractivity contribution in [1.82, 2.24) is 4.90 Å². The van der Waals surface area contributed by atoms with Gasteiger partial charge in [0.2, 0.25) is 5.91 Å². The first kappa shape index (κ1) is 15.9. The van der Waals surface area contributed by atoms with E-state index in [1.807, 2.05) is 22.4 Å². The summed E-state index contributed by atoms with van der Waals surface area (Å²) in [4.78, 5) is 15.1. The van der Waals surface area contributed by atoms with E-state index < -0.39 is 11.6 Å². The highest BCUT2D eigenvalue weighted by Crippen LogP contribution is 2.22. The molecule has 0 spiro atoms. The van der Waals surface area contributed by atoms with Crippen LogP contribution < -0.4 is 4.74 Å². The molecular weight excluding hydrogens is 320 g/mol. The van der Waals surface area contributed by atoms with Crippen LogP contribution in [-0.4, -0.2) is 30.0 Å². The van der Waals surface area contributed by atoms with Crippen LogP contribution in [-0.2, 0) is 11.2 Å². The smallest absolute Gasteiger partial charge is 0.227 e. The number of piperidine rings is 1. The van der Waals surface area contributed by atoms with Crippen LogP contribution in [0.15, 0.2) is 35.7 Å². The molecule has 0 unspecified atom stereocenters. The topological polar surface area (TPSA) is 29.5 Å². The average Bonchev–Trinajstić information content (AvgIpc) is 3.04. The second-order valence-corrected chi connectivity index (χ2v) is 6.56. The first-order chi connectivity index (χ1) is 11.1. The number of benzene rings is 1. The zero-order chi connectivity index (χ0) is 16.2. The number of likely N-dealkylation sites (tertiary alicyclic amines) is 1. The van der Waals surface area contributed by atoms with Crippen molar-refractivity contribution in [1.29, 1.82) is 0 Å². The lowest BCUT2D eigenvalue weighted by Crippen LogP contribution is -2.42. The highest BCUT2D eigenvalue weighted by molar-refractivity contribution is 7.10. The number of hydrogen-bond donors (Lipinski definition) is 0. The summed E-state index contributed by atoms with van der Waals surface area (Å²) in [5.74, 6) is -1.34. The molecule has 1 saturated heterocycles. The lowest BCUT2D eigenvalue weighted by Gasteiger charge is -2.32. The minimum atomic E-state index is -0.911. The van der Waals surface area contributed by atoms with Gasteiger partial charge < -0.3 is 9.64 Å². The third kappa shape index (κ3) is 4.07. The maximum absolute atomic E-state index is 13.2. The minimum absolute atomic E-state index is 0.0781. The van der Waals surface area contributed by atoms with Crippen LogP contribution in [0.5, 0.6) is 5.75 Å². The molecule has 0 N–H and O–H groups in total. The van der Waals surface area contributed by atoms with E-state index in [0.29, 0.717) is 38.1 Å². The normalized spacial score (nSPS) is 15.7. The molecule has 3 rings (SSSR count). The number of halogens is 2. The number of ether oxygens (including phenoxy) is 1. The van der Waals surface area contributed by atoms with Crippen LogP contribution in [0.3, 0.4) is 0 Å². The van der Waals surface area contributed by atoms with Crippen molar-refractivity contribution in [2.75, 3.05) is 13.1 Å². The van der Waals surface area contributed by atoms with Crippen molar-refractivity contribution in [3.05, 3.63) is 52.2 Å². The highest BCUT2D eigenvalue weighted by atomic mass is 32.1. The van der Waals surface area contributed by atoms with Crippen LogP contribution >= 0.6 is 11.3 Å². The van der Waals surface area contributed by atoms with Crippen molar-refractivity contribution in [3.8, 4) is 5.75 Å². The molecule has 1 aliphatic heterocycles. The van der Waals surface area contributed by atoms with Gasteiger partial charge in [-0.3, -0.25) is 4.79 Å². The van der Waals surface area contributed by atoms with Crippen molar-refractivity contribution >= 4 is 17.2 Å². The maximum atomic E-state index is 13.2. The van der Waals surface area contributed by atoms with Gasteiger partial charge in [-0.25, -0.2) is 8.78 Å². The fourth-order valence-electron chi connectivity index (χ4n) is 2.64. The van der Waals surface area contributed by atoms with Gasteiger partial charge in [0, 0.05) is 36.9 Å². The van der Waals surface area contributed by atoms with E-state index in [1.54, 1.807) is 11.3 Å².